The Morgan fingerprint density at radius 3 is 2.43 bits per heavy atom. The molecule has 1 heterocycles. The second kappa shape index (κ2) is 5.35. The molecule has 0 aromatic rings. The van der Waals surface area contributed by atoms with E-state index in [-0.39, 0.29) is 5.97 Å². The molecule has 2 unspecified atom stereocenters. The van der Waals surface area contributed by atoms with E-state index in [1.807, 2.05) is 0 Å². The van der Waals surface area contributed by atoms with Crippen molar-refractivity contribution in [1.82, 2.24) is 4.90 Å². The molecule has 1 fully saturated rings. The predicted molar refractivity (Wildman–Crippen MR) is 56.0 cm³/mol. The Labute approximate surface area is 86.4 Å². The van der Waals surface area contributed by atoms with Gasteiger partial charge in [-0.05, 0) is 18.3 Å². The van der Waals surface area contributed by atoms with E-state index >= 15 is 0 Å². The molecule has 1 aliphatic rings. The van der Waals surface area contributed by atoms with Gasteiger partial charge in [-0.15, -0.1) is 0 Å². The summed E-state index contributed by atoms with van der Waals surface area (Å²) in [5.74, 6) is 1.42. The van der Waals surface area contributed by atoms with Gasteiger partial charge in [0.2, 0.25) is 0 Å². The van der Waals surface area contributed by atoms with Gasteiger partial charge in [-0.1, -0.05) is 13.8 Å². The molecule has 82 valence electrons. The maximum absolute atomic E-state index is 11.0. The monoisotopic (exact) mass is 199 g/mol. The van der Waals surface area contributed by atoms with Crippen molar-refractivity contribution in [2.75, 3.05) is 26.7 Å². The van der Waals surface area contributed by atoms with E-state index < -0.39 is 0 Å². The van der Waals surface area contributed by atoms with Crippen molar-refractivity contribution in [1.29, 1.82) is 0 Å². The molecule has 0 bridgehead atoms. The van der Waals surface area contributed by atoms with Crippen LogP contribution in [0.3, 0.4) is 0 Å². The van der Waals surface area contributed by atoms with Gasteiger partial charge in [0.05, 0.1) is 13.5 Å². The summed E-state index contributed by atoms with van der Waals surface area (Å²) in [4.78, 5) is 13.3. The molecule has 2 atom stereocenters. The highest BCUT2D eigenvalue weighted by Crippen LogP contribution is 2.20. The summed E-state index contributed by atoms with van der Waals surface area (Å²) in [5, 5.41) is 0. The Morgan fingerprint density at radius 2 is 1.93 bits per heavy atom. The minimum Gasteiger partial charge on any atom is -0.469 e. The van der Waals surface area contributed by atoms with Gasteiger partial charge in [0.25, 0.3) is 0 Å². The quantitative estimate of drug-likeness (QED) is 0.646. The van der Waals surface area contributed by atoms with Crippen LogP contribution >= 0.6 is 0 Å². The maximum atomic E-state index is 11.0. The molecule has 0 aromatic heterocycles. The molecule has 0 N–H and O–H groups in total. The highest BCUT2D eigenvalue weighted by molar-refractivity contribution is 5.69. The van der Waals surface area contributed by atoms with E-state index in [4.69, 9.17) is 0 Å². The Hall–Kier alpha value is -0.570. The average molecular weight is 199 g/mol. The van der Waals surface area contributed by atoms with Crippen molar-refractivity contribution < 1.29 is 9.53 Å². The third-order valence-corrected chi connectivity index (χ3v) is 2.80. The fourth-order valence-electron chi connectivity index (χ4n) is 2.33. The van der Waals surface area contributed by atoms with Crippen LogP contribution in [0.5, 0.6) is 0 Å². The molecule has 1 rings (SSSR count). The number of piperidine rings is 1. The molecule has 3 heteroatoms. The topological polar surface area (TPSA) is 29.5 Å². The van der Waals surface area contributed by atoms with Gasteiger partial charge in [-0.25, -0.2) is 0 Å². The van der Waals surface area contributed by atoms with Crippen LogP contribution in [0.1, 0.15) is 26.7 Å². The Bertz CT molecular complexity index is 184. The van der Waals surface area contributed by atoms with Gasteiger partial charge in [-0.2, -0.15) is 0 Å². The van der Waals surface area contributed by atoms with Gasteiger partial charge in [0.15, 0.2) is 0 Å². The zero-order valence-corrected chi connectivity index (χ0v) is 9.45. The molecule has 0 saturated carbocycles. The van der Waals surface area contributed by atoms with Crippen LogP contribution in [0.4, 0.5) is 0 Å². The van der Waals surface area contributed by atoms with Gasteiger partial charge in [0.1, 0.15) is 0 Å². The summed E-state index contributed by atoms with van der Waals surface area (Å²) in [6.07, 6.45) is 1.84. The van der Waals surface area contributed by atoms with Crippen molar-refractivity contribution in [3.05, 3.63) is 0 Å². The van der Waals surface area contributed by atoms with Crippen LogP contribution < -0.4 is 0 Å². The molecule has 0 amide bonds. The van der Waals surface area contributed by atoms with Crippen LogP contribution in [-0.2, 0) is 9.53 Å². The molecule has 3 nitrogen and oxygen atoms in total. The Morgan fingerprint density at radius 1 is 1.36 bits per heavy atom. The fourth-order valence-corrected chi connectivity index (χ4v) is 2.33. The lowest BCUT2D eigenvalue weighted by Gasteiger charge is -2.34. The summed E-state index contributed by atoms with van der Waals surface area (Å²) in [7, 11) is 1.45. The van der Waals surface area contributed by atoms with Crippen LogP contribution in [-0.4, -0.2) is 37.6 Å². The van der Waals surface area contributed by atoms with Crippen molar-refractivity contribution in [2.24, 2.45) is 11.8 Å². The van der Waals surface area contributed by atoms with Gasteiger partial charge in [-0.3, -0.25) is 4.79 Å². The average Bonchev–Trinajstić information content (AvgIpc) is 2.12. The van der Waals surface area contributed by atoms with Crippen LogP contribution in [0.15, 0.2) is 0 Å². The first-order valence-electron chi connectivity index (χ1n) is 5.41. The fraction of sp³-hybridized carbons (Fsp3) is 0.909. The third-order valence-electron chi connectivity index (χ3n) is 2.80. The molecule has 1 aliphatic heterocycles. The molecular weight excluding hydrogens is 178 g/mol. The van der Waals surface area contributed by atoms with Crippen molar-refractivity contribution in [2.45, 2.75) is 26.7 Å². The minimum atomic E-state index is -0.101. The highest BCUT2D eigenvalue weighted by atomic mass is 16.5. The van der Waals surface area contributed by atoms with E-state index in [1.165, 1.54) is 13.5 Å². The summed E-state index contributed by atoms with van der Waals surface area (Å²) in [5.41, 5.74) is 0. The zero-order chi connectivity index (χ0) is 10.6. The summed E-state index contributed by atoms with van der Waals surface area (Å²) in [6, 6.07) is 0. The van der Waals surface area contributed by atoms with Crippen LogP contribution in [0, 0.1) is 11.8 Å². The lowest BCUT2D eigenvalue weighted by Crippen LogP contribution is -2.39. The SMILES string of the molecule is COC(=O)CCN1CC(C)CC(C)C1. The first kappa shape index (κ1) is 11.5. The lowest BCUT2D eigenvalue weighted by molar-refractivity contribution is -0.141. The summed E-state index contributed by atoms with van der Waals surface area (Å²) < 4.78 is 4.63. The minimum absolute atomic E-state index is 0.101. The second-order valence-corrected chi connectivity index (χ2v) is 4.53. The molecule has 0 aromatic carbocycles. The normalized spacial score (nSPS) is 28.8. The number of hydrogen-bond acceptors (Lipinski definition) is 3. The van der Waals surface area contributed by atoms with Gasteiger partial charge >= 0.3 is 5.97 Å². The number of rotatable bonds is 3. The first-order chi connectivity index (χ1) is 6.61. The largest absolute Gasteiger partial charge is 0.469 e. The Kier molecular flexibility index (Phi) is 4.39. The number of methoxy groups -OCH3 is 1. The number of carbonyl (C=O) groups excluding carboxylic acids is 1. The number of esters is 1. The van der Waals surface area contributed by atoms with E-state index in [9.17, 15) is 4.79 Å². The van der Waals surface area contributed by atoms with E-state index in [0.29, 0.717) is 6.42 Å². The molecular formula is C11H21NO2. The third kappa shape index (κ3) is 3.66. The number of hydrogen-bond donors (Lipinski definition) is 0. The van der Waals surface area contributed by atoms with Crippen molar-refractivity contribution >= 4 is 5.97 Å². The summed E-state index contributed by atoms with van der Waals surface area (Å²) in [6.45, 7) is 7.66. The maximum Gasteiger partial charge on any atom is 0.306 e. The lowest BCUT2D eigenvalue weighted by atomic mass is 9.92. The predicted octanol–water partition coefficient (Wildman–Crippen LogP) is 1.53. The molecule has 0 spiro atoms. The summed E-state index contributed by atoms with van der Waals surface area (Å²) >= 11 is 0. The molecule has 0 aliphatic carbocycles. The number of nitrogens with zero attached hydrogens (tertiary/aromatic N) is 1. The molecule has 1 saturated heterocycles. The molecule has 0 radical (unpaired) electrons. The first-order valence-corrected chi connectivity index (χ1v) is 5.41. The molecule has 14 heavy (non-hydrogen) atoms. The van der Waals surface area contributed by atoms with Crippen molar-refractivity contribution in [3.8, 4) is 0 Å². The zero-order valence-electron chi connectivity index (χ0n) is 9.45. The van der Waals surface area contributed by atoms with Gasteiger partial charge in [0, 0.05) is 19.6 Å². The number of carbonyl (C=O) groups is 1. The van der Waals surface area contributed by atoms with Crippen molar-refractivity contribution in [3.63, 3.8) is 0 Å². The second-order valence-electron chi connectivity index (χ2n) is 4.53. The van der Waals surface area contributed by atoms with E-state index in [0.717, 1.165) is 31.5 Å². The van der Waals surface area contributed by atoms with Crippen LogP contribution in [0.2, 0.25) is 0 Å². The van der Waals surface area contributed by atoms with E-state index in [1.54, 1.807) is 0 Å². The van der Waals surface area contributed by atoms with Crippen LogP contribution in [0.25, 0.3) is 0 Å². The highest BCUT2D eigenvalue weighted by Gasteiger charge is 2.21. The van der Waals surface area contributed by atoms with Gasteiger partial charge < -0.3 is 9.64 Å². The van der Waals surface area contributed by atoms with E-state index in [2.05, 4.69) is 23.5 Å². The smallest absolute Gasteiger partial charge is 0.306 e. The Balaban J connectivity index is 2.26. The number of ether oxygens (including phenoxy) is 1. The standard InChI is InChI=1S/C11H21NO2/c1-9-6-10(2)8-12(7-9)5-4-11(13)14-3/h9-10H,4-8H2,1-3H3. The number of likely N-dealkylation sites (tertiary alicyclic amines) is 1.